The van der Waals surface area contributed by atoms with Crippen molar-refractivity contribution < 1.29 is 14.7 Å². The van der Waals surface area contributed by atoms with Gasteiger partial charge in [0.2, 0.25) is 0 Å². The molecule has 6 heteroatoms. The van der Waals surface area contributed by atoms with Crippen LogP contribution in [-0.4, -0.2) is 65.9 Å². The molecule has 2 aliphatic heterocycles. The first-order valence-electron chi connectivity index (χ1n) is 8.32. The second-order valence-corrected chi connectivity index (χ2v) is 6.22. The first-order valence-corrected chi connectivity index (χ1v) is 8.32. The number of nitrogens with zero attached hydrogens (tertiary/aromatic N) is 2. The van der Waals surface area contributed by atoms with Gasteiger partial charge in [-0.25, -0.2) is 0 Å². The van der Waals surface area contributed by atoms with E-state index in [9.17, 15) is 14.7 Å². The Hall–Kier alpha value is -2.18. The molecule has 0 radical (unpaired) electrons. The first-order chi connectivity index (χ1) is 11.6. The van der Waals surface area contributed by atoms with Gasteiger partial charge in [0.25, 0.3) is 5.91 Å². The summed E-state index contributed by atoms with van der Waals surface area (Å²) in [6.07, 6.45) is 0. The van der Waals surface area contributed by atoms with Crippen molar-refractivity contribution in [2.75, 3.05) is 39.3 Å². The molecule has 0 aliphatic carbocycles. The van der Waals surface area contributed by atoms with Gasteiger partial charge in [-0.15, -0.1) is 0 Å². The smallest absolute Gasteiger partial charge is 0.290 e. The molecule has 1 unspecified atom stereocenters. The predicted molar refractivity (Wildman–Crippen MR) is 90.5 cm³/mol. The summed E-state index contributed by atoms with van der Waals surface area (Å²) in [5.41, 5.74) is 1.05. The van der Waals surface area contributed by atoms with E-state index in [2.05, 4.69) is 10.2 Å². The monoisotopic (exact) mass is 329 g/mol. The Bertz CT molecular complexity index is 651. The Morgan fingerprint density at radius 3 is 2.50 bits per heavy atom. The molecule has 2 aliphatic rings. The van der Waals surface area contributed by atoms with E-state index in [4.69, 9.17) is 0 Å². The van der Waals surface area contributed by atoms with E-state index in [-0.39, 0.29) is 11.4 Å². The molecule has 3 rings (SSSR count). The number of benzene rings is 1. The maximum absolute atomic E-state index is 12.5. The molecule has 2 heterocycles. The minimum atomic E-state index is -0.501. The summed E-state index contributed by atoms with van der Waals surface area (Å²) in [5, 5.41) is 13.5. The van der Waals surface area contributed by atoms with Crippen LogP contribution in [0.15, 0.2) is 41.7 Å². The molecule has 6 nitrogen and oxygen atoms in total. The van der Waals surface area contributed by atoms with Gasteiger partial charge in [-0.3, -0.25) is 14.5 Å². The number of amides is 1. The Balaban J connectivity index is 1.83. The molecular formula is C18H23N3O3. The zero-order valence-electron chi connectivity index (χ0n) is 13.9. The van der Waals surface area contributed by atoms with Crippen molar-refractivity contribution in [1.29, 1.82) is 0 Å². The number of aliphatic hydroxyl groups is 1. The molecule has 1 amide bonds. The molecule has 2 N–H and O–H groups in total. The van der Waals surface area contributed by atoms with Gasteiger partial charge in [0.1, 0.15) is 0 Å². The lowest BCUT2D eigenvalue weighted by atomic mass is 9.97. The Labute approximate surface area is 141 Å². The van der Waals surface area contributed by atoms with Crippen molar-refractivity contribution in [2.24, 2.45) is 0 Å². The number of ketones is 1. The van der Waals surface area contributed by atoms with Gasteiger partial charge in [0, 0.05) is 39.3 Å². The van der Waals surface area contributed by atoms with Crippen LogP contribution in [-0.2, 0) is 9.59 Å². The van der Waals surface area contributed by atoms with Crippen molar-refractivity contribution in [3.63, 3.8) is 0 Å². The number of aliphatic hydroxyl groups excluding tert-OH is 1. The lowest BCUT2D eigenvalue weighted by Crippen LogP contribution is -2.47. The van der Waals surface area contributed by atoms with Crippen LogP contribution in [0.5, 0.6) is 0 Å². The maximum atomic E-state index is 12.5. The van der Waals surface area contributed by atoms with Gasteiger partial charge in [-0.05, 0) is 12.5 Å². The first kappa shape index (κ1) is 16.7. The largest absolute Gasteiger partial charge is 0.503 e. The molecule has 1 aromatic rings. The lowest BCUT2D eigenvalue weighted by molar-refractivity contribution is -0.129. The topological polar surface area (TPSA) is 72.9 Å². The van der Waals surface area contributed by atoms with Gasteiger partial charge < -0.3 is 15.3 Å². The number of rotatable bonds is 5. The van der Waals surface area contributed by atoms with Crippen LogP contribution in [0, 0.1) is 0 Å². The standard InChI is InChI=1S/C18H23N3O3/c1-13(22)15-16(14-5-3-2-4-6-14)21(18(24)17(15)23)12-11-20-9-7-19-8-10-20/h2-6,16,19,23H,7-12H2,1H3. The minimum Gasteiger partial charge on any atom is -0.503 e. The highest BCUT2D eigenvalue weighted by Gasteiger charge is 2.42. The normalized spacial score (nSPS) is 22.3. The molecule has 24 heavy (non-hydrogen) atoms. The fourth-order valence-corrected chi connectivity index (χ4v) is 3.41. The van der Waals surface area contributed by atoms with Crippen LogP contribution in [0.3, 0.4) is 0 Å². The van der Waals surface area contributed by atoms with Crippen LogP contribution in [0.2, 0.25) is 0 Å². The van der Waals surface area contributed by atoms with Crippen molar-refractivity contribution in [1.82, 2.24) is 15.1 Å². The van der Waals surface area contributed by atoms with Crippen molar-refractivity contribution in [3.05, 3.63) is 47.2 Å². The van der Waals surface area contributed by atoms with Crippen LogP contribution >= 0.6 is 0 Å². The van der Waals surface area contributed by atoms with E-state index in [1.165, 1.54) is 6.92 Å². The number of carbonyl (C=O) groups excluding carboxylic acids is 2. The summed E-state index contributed by atoms with van der Waals surface area (Å²) >= 11 is 0. The van der Waals surface area contributed by atoms with Gasteiger partial charge >= 0.3 is 0 Å². The highest BCUT2D eigenvalue weighted by molar-refractivity contribution is 6.08. The Morgan fingerprint density at radius 2 is 1.88 bits per heavy atom. The number of hydrogen-bond acceptors (Lipinski definition) is 5. The van der Waals surface area contributed by atoms with Gasteiger partial charge in [-0.1, -0.05) is 30.3 Å². The summed E-state index contributed by atoms with van der Waals surface area (Å²) in [7, 11) is 0. The van der Waals surface area contributed by atoms with E-state index in [0.717, 1.165) is 38.3 Å². The highest BCUT2D eigenvalue weighted by Crippen LogP contribution is 2.37. The Morgan fingerprint density at radius 1 is 1.21 bits per heavy atom. The number of Topliss-reactive ketones (excluding diaryl/α,β-unsaturated/α-hetero) is 1. The molecule has 1 atom stereocenters. The van der Waals surface area contributed by atoms with Gasteiger partial charge in [0.15, 0.2) is 11.5 Å². The SMILES string of the molecule is CC(=O)C1=C(O)C(=O)N(CCN2CCNCC2)C1c1ccccc1. The lowest BCUT2D eigenvalue weighted by Gasteiger charge is -2.32. The number of hydrogen-bond donors (Lipinski definition) is 2. The van der Waals surface area contributed by atoms with E-state index in [0.29, 0.717) is 6.54 Å². The molecule has 128 valence electrons. The highest BCUT2D eigenvalue weighted by atomic mass is 16.3. The number of nitrogens with one attached hydrogen (secondary N) is 1. The molecular weight excluding hydrogens is 306 g/mol. The van der Waals surface area contributed by atoms with E-state index >= 15 is 0 Å². The summed E-state index contributed by atoms with van der Waals surface area (Å²) < 4.78 is 0. The third-order valence-electron chi connectivity index (χ3n) is 4.67. The molecule has 0 bridgehead atoms. The molecule has 0 spiro atoms. The number of piperazine rings is 1. The molecule has 0 aromatic heterocycles. The van der Waals surface area contributed by atoms with Gasteiger partial charge in [0.05, 0.1) is 11.6 Å². The fraction of sp³-hybridized carbons (Fsp3) is 0.444. The summed E-state index contributed by atoms with van der Waals surface area (Å²) in [6, 6.07) is 8.92. The number of carbonyl (C=O) groups is 2. The summed E-state index contributed by atoms with van der Waals surface area (Å²) in [4.78, 5) is 28.4. The maximum Gasteiger partial charge on any atom is 0.290 e. The quantitative estimate of drug-likeness (QED) is 0.839. The van der Waals surface area contributed by atoms with E-state index in [1.807, 2.05) is 30.3 Å². The molecule has 1 fully saturated rings. The van der Waals surface area contributed by atoms with Crippen LogP contribution in [0.1, 0.15) is 18.5 Å². The third-order valence-corrected chi connectivity index (χ3v) is 4.67. The van der Waals surface area contributed by atoms with Gasteiger partial charge in [-0.2, -0.15) is 0 Å². The molecule has 0 saturated carbocycles. The predicted octanol–water partition coefficient (Wildman–Crippen LogP) is 0.876. The van der Waals surface area contributed by atoms with E-state index in [1.54, 1.807) is 4.90 Å². The molecule has 1 aromatic carbocycles. The van der Waals surface area contributed by atoms with Crippen molar-refractivity contribution >= 4 is 11.7 Å². The summed E-state index contributed by atoms with van der Waals surface area (Å²) in [5.74, 6) is -1.12. The second kappa shape index (κ2) is 7.15. The third kappa shape index (κ3) is 3.20. The van der Waals surface area contributed by atoms with E-state index < -0.39 is 17.7 Å². The zero-order valence-corrected chi connectivity index (χ0v) is 13.9. The van der Waals surface area contributed by atoms with Crippen LogP contribution < -0.4 is 5.32 Å². The van der Waals surface area contributed by atoms with Crippen LogP contribution in [0.4, 0.5) is 0 Å². The summed E-state index contributed by atoms with van der Waals surface area (Å²) in [6.45, 7) is 6.38. The average Bonchev–Trinajstić information content (AvgIpc) is 2.86. The Kier molecular flexibility index (Phi) is 4.97. The average molecular weight is 329 g/mol. The minimum absolute atomic E-state index is 0.200. The van der Waals surface area contributed by atoms with Crippen LogP contribution in [0.25, 0.3) is 0 Å². The zero-order chi connectivity index (χ0) is 17.1. The molecule has 1 saturated heterocycles. The second-order valence-electron chi connectivity index (χ2n) is 6.22. The van der Waals surface area contributed by atoms with Crippen molar-refractivity contribution in [3.8, 4) is 0 Å². The fourth-order valence-electron chi connectivity index (χ4n) is 3.41. The van der Waals surface area contributed by atoms with Crippen molar-refractivity contribution in [2.45, 2.75) is 13.0 Å².